The Bertz CT molecular complexity index is 707. The number of carbonyl (C=O) groups is 1. The van der Waals surface area contributed by atoms with E-state index in [4.69, 9.17) is 0 Å². The quantitative estimate of drug-likeness (QED) is 0.526. The number of ketones is 1. The molecule has 2 fully saturated rings. The van der Waals surface area contributed by atoms with Crippen molar-refractivity contribution in [2.75, 3.05) is 6.61 Å². The second-order valence-electron chi connectivity index (χ2n) is 9.27. The minimum atomic E-state index is -2.03. The van der Waals surface area contributed by atoms with Gasteiger partial charge in [0.25, 0.3) is 0 Å². The Morgan fingerprint density at radius 1 is 1.24 bits per heavy atom. The molecule has 0 aromatic carbocycles. The molecule has 0 aromatic rings. The summed E-state index contributed by atoms with van der Waals surface area (Å²) in [6.07, 6.45) is 1.34. The van der Waals surface area contributed by atoms with Crippen LogP contribution in [0.4, 0.5) is 0 Å². The van der Waals surface area contributed by atoms with Gasteiger partial charge < -0.3 is 20.4 Å². The molecule has 5 heteroatoms. The van der Waals surface area contributed by atoms with Gasteiger partial charge in [-0.15, -0.1) is 0 Å². The van der Waals surface area contributed by atoms with Crippen molar-refractivity contribution in [3.63, 3.8) is 0 Å². The van der Waals surface area contributed by atoms with Gasteiger partial charge in [0.1, 0.15) is 17.8 Å². The van der Waals surface area contributed by atoms with Crippen LogP contribution in [0.5, 0.6) is 0 Å². The zero-order valence-corrected chi connectivity index (χ0v) is 15.2. The minimum absolute atomic E-state index is 0.0245. The lowest BCUT2D eigenvalue weighted by atomic mass is 9.59. The summed E-state index contributed by atoms with van der Waals surface area (Å²) in [5, 5.41) is 43.0. The molecule has 4 N–H and O–H groups in total. The van der Waals surface area contributed by atoms with E-state index in [1.165, 1.54) is 0 Å². The van der Waals surface area contributed by atoms with E-state index in [-0.39, 0.29) is 28.6 Å². The van der Waals surface area contributed by atoms with Gasteiger partial charge in [0.15, 0.2) is 5.78 Å². The van der Waals surface area contributed by atoms with Crippen molar-refractivity contribution in [2.45, 2.75) is 51.9 Å². The van der Waals surface area contributed by atoms with Gasteiger partial charge in [0, 0.05) is 5.92 Å². The van der Waals surface area contributed by atoms with Gasteiger partial charge in [0.05, 0.1) is 12.0 Å². The van der Waals surface area contributed by atoms with E-state index in [0.29, 0.717) is 11.5 Å². The average Bonchev–Trinajstić information content (AvgIpc) is 3.05. The Morgan fingerprint density at radius 3 is 2.48 bits per heavy atom. The standard InChI is InChI=1S/C20H28O5/c1-9-7-19-10(2)5-13-14(18(13,3)4)12(17(19)24)6-11(8-21)16(23)20(19,25)15(9)22/h6-7,10,12-16,21-23,25H,5,8H2,1-4H3/t10-,12+,13?,14?,15+,16-,19+,20-/m1/s1. The monoisotopic (exact) mass is 348 g/mol. The van der Waals surface area contributed by atoms with Gasteiger partial charge in [-0.2, -0.15) is 0 Å². The molecule has 138 valence electrons. The molecule has 0 aromatic heterocycles. The molecule has 5 nitrogen and oxygen atoms in total. The average molecular weight is 348 g/mol. The molecule has 25 heavy (non-hydrogen) atoms. The predicted molar refractivity (Wildman–Crippen MR) is 91.4 cm³/mol. The van der Waals surface area contributed by atoms with Crippen LogP contribution in [0.25, 0.3) is 0 Å². The van der Waals surface area contributed by atoms with Crippen molar-refractivity contribution >= 4 is 5.78 Å². The molecule has 1 spiro atoms. The molecule has 2 saturated carbocycles. The molecule has 8 atom stereocenters. The lowest BCUT2D eigenvalue weighted by molar-refractivity contribution is -0.190. The third-order valence-electron chi connectivity index (χ3n) is 7.93. The summed E-state index contributed by atoms with van der Waals surface area (Å²) >= 11 is 0. The number of Topliss-reactive ketones (excluding diaryl/α,β-unsaturated/α-hetero) is 1. The summed E-state index contributed by atoms with van der Waals surface area (Å²) in [5.41, 5.74) is -2.58. The highest BCUT2D eigenvalue weighted by atomic mass is 16.4. The zero-order valence-electron chi connectivity index (χ0n) is 15.2. The molecule has 0 heterocycles. The molecule has 4 aliphatic rings. The molecular formula is C20H28O5. The third kappa shape index (κ3) is 1.71. The molecule has 0 radical (unpaired) electrons. The number of fused-ring (bicyclic) bond motifs is 3. The van der Waals surface area contributed by atoms with Crippen molar-refractivity contribution in [3.8, 4) is 0 Å². The van der Waals surface area contributed by atoms with Crippen LogP contribution in [0.15, 0.2) is 23.3 Å². The number of carbonyl (C=O) groups excluding carboxylic acids is 1. The van der Waals surface area contributed by atoms with E-state index in [2.05, 4.69) is 13.8 Å². The van der Waals surface area contributed by atoms with E-state index in [0.717, 1.165) is 6.42 Å². The number of aliphatic hydroxyl groups excluding tert-OH is 3. The highest BCUT2D eigenvalue weighted by Crippen LogP contribution is 2.71. The van der Waals surface area contributed by atoms with Crippen LogP contribution in [-0.2, 0) is 4.79 Å². The van der Waals surface area contributed by atoms with Crippen molar-refractivity contribution in [2.24, 2.45) is 34.5 Å². The first-order valence-corrected chi connectivity index (χ1v) is 9.18. The molecule has 0 amide bonds. The first kappa shape index (κ1) is 17.4. The maximum Gasteiger partial charge on any atom is 0.153 e. The molecular weight excluding hydrogens is 320 g/mol. The first-order valence-electron chi connectivity index (χ1n) is 9.18. The van der Waals surface area contributed by atoms with Crippen molar-refractivity contribution in [3.05, 3.63) is 23.3 Å². The highest BCUT2D eigenvalue weighted by Gasteiger charge is 2.75. The molecule has 0 aliphatic heterocycles. The molecule has 0 saturated heterocycles. The van der Waals surface area contributed by atoms with Gasteiger partial charge in [-0.1, -0.05) is 32.9 Å². The minimum Gasteiger partial charge on any atom is -0.392 e. The fraction of sp³-hybridized carbons (Fsp3) is 0.750. The summed E-state index contributed by atoms with van der Waals surface area (Å²) in [6, 6.07) is 0. The fourth-order valence-electron chi connectivity index (χ4n) is 6.43. The Morgan fingerprint density at radius 2 is 1.88 bits per heavy atom. The van der Waals surface area contributed by atoms with Gasteiger partial charge in [0.2, 0.25) is 0 Å². The number of hydrogen-bond acceptors (Lipinski definition) is 5. The van der Waals surface area contributed by atoms with Crippen LogP contribution in [-0.4, -0.2) is 50.6 Å². The van der Waals surface area contributed by atoms with E-state index >= 15 is 0 Å². The van der Waals surface area contributed by atoms with Crippen LogP contribution in [0, 0.1) is 34.5 Å². The van der Waals surface area contributed by atoms with E-state index < -0.39 is 35.7 Å². The molecule has 2 unspecified atom stereocenters. The fourth-order valence-corrected chi connectivity index (χ4v) is 6.43. The Balaban J connectivity index is 1.99. The van der Waals surface area contributed by atoms with Crippen LogP contribution in [0.1, 0.15) is 34.1 Å². The summed E-state index contributed by atoms with van der Waals surface area (Å²) in [5.74, 6) is -0.288. The second kappa shape index (κ2) is 4.83. The lowest BCUT2D eigenvalue weighted by Crippen LogP contribution is -2.65. The van der Waals surface area contributed by atoms with Crippen molar-refractivity contribution in [1.29, 1.82) is 0 Å². The van der Waals surface area contributed by atoms with Crippen LogP contribution in [0.3, 0.4) is 0 Å². The Labute approximate surface area is 148 Å². The predicted octanol–water partition coefficient (Wildman–Crippen LogP) is 0.815. The van der Waals surface area contributed by atoms with Crippen LogP contribution >= 0.6 is 0 Å². The van der Waals surface area contributed by atoms with E-state index in [1.54, 1.807) is 19.1 Å². The molecule has 2 bridgehead atoms. The Kier molecular flexibility index (Phi) is 3.36. The number of hydrogen-bond donors (Lipinski definition) is 4. The van der Waals surface area contributed by atoms with Crippen molar-refractivity contribution in [1.82, 2.24) is 0 Å². The smallest absolute Gasteiger partial charge is 0.153 e. The largest absolute Gasteiger partial charge is 0.392 e. The molecule has 4 rings (SSSR count). The lowest BCUT2D eigenvalue weighted by Gasteiger charge is -2.48. The van der Waals surface area contributed by atoms with Crippen LogP contribution < -0.4 is 0 Å². The number of aliphatic hydroxyl groups is 4. The summed E-state index contributed by atoms with van der Waals surface area (Å²) < 4.78 is 0. The zero-order chi connectivity index (χ0) is 18.5. The normalized spacial score (nSPS) is 53.2. The van der Waals surface area contributed by atoms with Gasteiger partial charge in [-0.05, 0) is 47.7 Å². The second-order valence-corrected chi connectivity index (χ2v) is 9.27. The number of rotatable bonds is 1. The third-order valence-corrected chi connectivity index (χ3v) is 7.93. The molecule has 4 aliphatic carbocycles. The van der Waals surface area contributed by atoms with Crippen LogP contribution in [0.2, 0.25) is 0 Å². The first-order chi connectivity index (χ1) is 11.5. The summed E-state index contributed by atoms with van der Waals surface area (Å²) in [6.45, 7) is 7.50. The summed E-state index contributed by atoms with van der Waals surface area (Å²) in [4.78, 5) is 13.7. The SMILES string of the molecule is CC1=C[C@]23C(=O)[C@@H](C=C(CO)[C@@H](O)[C@]2(O)[C@H]1O)C1C(C[C@H]3C)C1(C)C. The summed E-state index contributed by atoms with van der Waals surface area (Å²) in [7, 11) is 0. The maximum atomic E-state index is 13.7. The highest BCUT2D eigenvalue weighted by molar-refractivity contribution is 5.95. The van der Waals surface area contributed by atoms with Crippen molar-refractivity contribution < 1.29 is 25.2 Å². The van der Waals surface area contributed by atoms with E-state index in [9.17, 15) is 25.2 Å². The van der Waals surface area contributed by atoms with Gasteiger partial charge >= 0.3 is 0 Å². The van der Waals surface area contributed by atoms with E-state index in [1.807, 2.05) is 6.92 Å². The van der Waals surface area contributed by atoms with Gasteiger partial charge in [-0.25, -0.2) is 0 Å². The Hall–Kier alpha value is -1.01. The van der Waals surface area contributed by atoms with Gasteiger partial charge in [-0.3, -0.25) is 4.79 Å². The topological polar surface area (TPSA) is 98.0 Å². The maximum absolute atomic E-state index is 13.7. The number of allylic oxidation sites excluding steroid dienone is 1.